The molecule has 0 saturated carbocycles. The minimum absolute atomic E-state index is 0.144. The number of nitriles is 1. The van der Waals surface area contributed by atoms with E-state index in [1.165, 1.54) is 30.5 Å². The van der Waals surface area contributed by atoms with E-state index >= 15 is 0 Å². The number of aromatic nitrogens is 3. The largest absolute Gasteiger partial charge is 0.387 e. The van der Waals surface area contributed by atoms with Gasteiger partial charge >= 0.3 is 0 Å². The van der Waals surface area contributed by atoms with E-state index in [-0.39, 0.29) is 18.2 Å². The summed E-state index contributed by atoms with van der Waals surface area (Å²) in [6, 6.07) is 8.70. The van der Waals surface area contributed by atoms with Crippen LogP contribution < -0.4 is 10.6 Å². The van der Waals surface area contributed by atoms with Gasteiger partial charge in [0.2, 0.25) is 10.0 Å². The summed E-state index contributed by atoms with van der Waals surface area (Å²) >= 11 is 0. The van der Waals surface area contributed by atoms with E-state index in [2.05, 4.69) is 20.7 Å². The van der Waals surface area contributed by atoms with E-state index in [1.807, 2.05) is 6.07 Å². The molecule has 196 valence electrons. The van der Waals surface area contributed by atoms with E-state index in [0.29, 0.717) is 41.1 Å². The Kier molecular flexibility index (Phi) is 7.18. The van der Waals surface area contributed by atoms with Gasteiger partial charge in [-0.2, -0.15) is 10.4 Å². The molecule has 3 N–H and O–H groups in total. The number of nitrogens with one attached hydrogen (secondary N) is 2. The number of amides is 1. The number of hydrogen-bond acceptors (Lipinski definition) is 8. The summed E-state index contributed by atoms with van der Waals surface area (Å²) in [6.45, 7) is 2.81. The fourth-order valence-electron chi connectivity index (χ4n) is 4.04. The van der Waals surface area contributed by atoms with Crippen LogP contribution in [0.25, 0.3) is 16.9 Å². The van der Waals surface area contributed by atoms with Crippen LogP contribution in [0.15, 0.2) is 36.7 Å². The van der Waals surface area contributed by atoms with E-state index in [9.17, 15) is 22.7 Å². The predicted octanol–water partition coefficient (Wildman–Crippen LogP) is 1.55. The average molecular weight is 530 g/mol. The molecule has 11 nitrogen and oxygen atoms in total. The van der Waals surface area contributed by atoms with Crippen LogP contribution in [0.3, 0.4) is 0 Å². The first-order valence-corrected chi connectivity index (χ1v) is 13.5. The van der Waals surface area contributed by atoms with Crippen molar-refractivity contribution >= 4 is 27.1 Å². The Hall–Kier alpha value is -3.60. The van der Waals surface area contributed by atoms with Gasteiger partial charge in [-0.15, -0.1) is 0 Å². The molecule has 1 unspecified atom stereocenters. The molecule has 1 aliphatic heterocycles. The molecule has 0 radical (unpaired) electrons. The molecule has 1 saturated heterocycles. The smallest absolute Gasteiger partial charge is 0.255 e. The highest BCUT2D eigenvalue weighted by atomic mass is 32.2. The topological polar surface area (TPSA) is 153 Å². The summed E-state index contributed by atoms with van der Waals surface area (Å²) in [7, 11) is -3.36. The Labute approximate surface area is 214 Å². The molecule has 4 heterocycles. The maximum absolute atomic E-state index is 14.2. The Morgan fingerprint density at radius 2 is 2.11 bits per heavy atom. The molecular weight excluding hydrogens is 501 g/mol. The quantitative estimate of drug-likeness (QED) is 0.397. The first kappa shape index (κ1) is 26.5. The highest BCUT2D eigenvalue weighted by Gasteiger charge is 2.30. The van der Waals surface area contributed by atoms with Crippen LogP contribution in [0.1, 0.15) is 36.2 Å². The molecule has 1 aliphatic rings. The van der Waals surface area contributed by atoms with Crippen LogP contribution in [-0.2, 0) is 10.0 Å². The number of nitrogens with zero attached hydrogens (tertiary/aromatic N) is 5. The number of sulfonamides is 1. The van der Waals surface area contributed by atoms with Crippen molar-refractivity contribution in [3.05, 3.63) is 47.8 Å². The minimum Gasteiger partial charge on any atom is -0.387 e. The molecular formula is C24H28FN7O4S. The van der Waals surface area contributed by atoms with Gasteiger partial charge < -0.3 is 15.7 Å². The molecule has 0 aromatic carbocycles. The number of alkyl halides is 1. The number of pyridine rings is 1. The molecule has 0 spiro atoms. The molecule has 1 amide bonds. The number of anilines is 1. The van der Waals surface area contributed by atoms with Gasteiger partial charge in [-0.3, -0.25) is 9.78 Å². The average Bonchev–Trinajstić information content (AvgIpc) is 3.48. The molecule has 37 heavy (non-hydrogen) atoms. The van der Waals surface area contributed by atoms with E-state index in [0.717, 1.165) is 6.26 Å². The lowest BCUT2D eigenvalue weighted by atomic mass is 10.0. The number of carbonyl (C=O) groups excluding carboxylic acids is 1. The van der Waals surface area contributed by atoms with Gasteiger partial charge in [-0.1, -0.05) is 0 Å². The number of rotatable bonds is 8. The summed E-state index contributed by atoms with van der Waals surface area (Å²) in [5.41, 5.74) is 1.11. The van der Waals surface area contributed by atoms with Crippen LogP contribution in [0.2, 0.25) is 0 Å². The Morgan fingerprint density at radius 1 is 1.35 bits per heavy atom. The lowest BCUT2D eigenvalue weighted by Crippen LogP contribution is -2.42. The number of carbonyl (C=O) groups is 1. The van der Waals surface area contributed by atoms with Gasteiger partial charge in [-0.05, 0) is 44.5 Å². The zero-order valence-corrected chi connectivity index (χ0v) is 21.5. The zero-order chi connectivity index (χ0) is 27.0. The highest BCUT2D eigenvalue weighted by Crippen LogP contribution is 2.27. The van der Waals surface area contributed by atoms with Crippen molar-refractivity contribution in [2.24, 2.45) is 0 Å². The normalized spacial score (nSPS) is 17.5. The summed E-state index contributed by atoms with van der Waals surface area (Å²) in [6.07, 6.45) is 2.79. The molecule has 4 rings (SSSR count). The third kappa shape index (κ3) is 5.87. The van der Waals surface area contributed by atoms with Gasteiger partial charge in [0.15, 0.2) is 0 Å². The van der Waals surface area contributed by atoms with E-state index in [1.54, 1.807) is 28.8 Å². The van der Waals surface area contributed by atoms with Crippen molar-refractivity contribution in [3.8, 4) is 17.5 Å². The molecule has 13 heteroatoms. The second-order valence-corrected chi connectivity index (χ2v) is 11.6. The highest BCUT2D eigenvalue weighted by molar-refractivity contribution is 7.88. The Balaban J connectivity index is 1.66. The van der Waals surface area contributed by atoms with Crippen LogP contribution in [0.5, 0.6) is 0 Å². The standard InChI is InChI=1S/C24H28FN7O4S/c1-24(2,34)22(25)13-28-23(33)18-12-27-20(21-5-4-17-8-15(10-26)11-29-32(17)21)9-19(18)30-16-6-7-31(14-16)37(3,35)36/h4-5,8-9,11-12,16,22,34H,6-7,13-14H2,1-3H3,(H,27,30)(H,28,33)/t16-,22?/m1/s1. The number of halogens is 1. The Morgan fingerprint density at radius 3 is 2.76 bits per heavy atom. The van der Waals surface area contributed by atoms with Crippen LogP contribution in [0.4, 0.5) is 10.1 Å². The third-order valence-electron chi connectivity index (χ3n) is 6.23. The monoisotopic (exact) mass is 529 g/mol. The molecule has 2 atom stereocenters. The van der Waals surface area contributed by atoms with Gasteiger partial charge in [-0.25, -0.2) is 21.6 Å². The second-order valence-electron chi connectivity index (χ2n) is 9.61. The maximum atomic E-state index is 14.2. The Bertz CT molecular complexity index is 1480. The number of aliphatic hydroxyl groups is 1. The first-order valence-electron chi connectivity index (χ1n) is 11.6. The summed E-state index contributed by atoms with van der Waals surface area (Å²) in [5, 5.41) is 29.0. The maximum Gasteiger partial charge on any atom is 0.255 e. The number of fused-ring (bicyclic) bond motifs is 1. The van der Waals surface area contributed by atoms with E-state index < -0.39 is 34.2 Å². The van der Waals surface area contributed by atoms with Crippen molar-refractivity contribution in [1.82, 2.24) is 24.2 Å². The summed E-state index contributed by atoms with van der Waals surface area (Å²) in [4.78, 5) is 17.4. The summed E-state index contributed by atoms with van der Waals surface area (Å²) < 4.78 is 41.1. The van der Waals surface area contributed by atoms with Crippen molar-refractivity contribution in [2.75, 3.05) is 31.2 Å². The molecule has 3 aromatic rings. The molecule has 0 bridgehead atoms. The van der Waals surface area contributed by atoms with Gasteiger partial charge in [0.25, 0.3) is 5.91 Å². The van der Waals surface area contributed by atoms with E-state index in [4.69, 9.17) is 5.26 Å². The SMILES string of the molecule is CC(C)(O)C(F)CNC(=O)c1cnc(-c2ccc3cc(C#N)cnn23)cc1N[C@@H]1CCN(S(C)(=O)=O)C1. The first-order chi connectivity index (χ1) is 17.4. The van der Waals surface area contributed by atoms with Crippen molar-refractivity contribution in [2.45, 2.75) is 38.1 Å². The summed E-state index contributed by atoms with van der Waals surface area (Å²) in [5.74, 6) is -0.594. The van der Waals surface area contributed by atoms with Crippen molar-refractivity contribution in [3.63, 3.8) is 0 Å². The van der Waals surface area contributed by atoms with Gasteiger partial charge in [0.05, 0.1) is 58.3 Å². The molecule has 1 fully saturated rings. The van der Waals surface area contributed by atoms with Crippen molar-refractivity contribution in [1.29, 1.82) is 5.26 Å². The van der Waals surface area contributed by atoms with Crippen LogP contribution in [0, 0.1) is 11.3 Å². The minimum atomic E-state index is -3.36. The zero-order valence-electron chi connectivity index (χ0n) is 20.6. The fourth-order valence-corrected chi connectivity index (χ4v) is 4.93. The fraction of sp³-hybridized carbons (Fsp3) is 0.417. The van der Waals surface area contributed by atoms with Crippen LogP contribution in [-0.4, -0.2) is 82.0 Å². The predicted molar refractivity (Wildman–Crippen MR) is 135 cm³/mol. The van der Waals surface area contributed by atoms with Crippen molar-refractivity contribution < 1.29 is 22.7 Å². The van der Waals surface area contributed by atoms with Gasteiger partial charge in [0, 0.05) is 25.3 Å². The lowest BCUT2D eigenvalue weighted by molar-refractivity contribution is -0.00177. The molecule has 3 aromatic heterocycles. The molecule has 0 aliphatic carbocycles. The van der Waals surface area contributed by atoms with Gasteiger partial charge in [0.1, 0.15) is 12.2 Å². The lowest BCUT2D eigenvalue weighted by Gasteiger charge is -2.23. The third-order valence-corrected chi connectivity index (χ3v) is 7.50. The second kappa shape index (κ2) is 10.0. The van der Waals surface area contributed by atoms with Crippen LogP contribution >= 0.6 is 0 Å². The number of hydrogen-bond donors (Lipinski definition) is 3.